The Bertz CT molecular complexity index is 1210. The van der Waals surface area contributed by atoms with Crippen LogP contribution in [0.4, 0.5) is 0 Å². The molecule has 1 N–H and O–H groups in total. The summed E-state index contributed by atoms with van der Waals surface area (Å²) in [4.78, 5) is 19.9. The fraction of sp³-hybridized carbons (Fsp3) is 0.344. The van der Waals surface area contributed by atoms with E-state index in [4.69, 9.17) is 4.74 Å². The number of rotatable bonds is 11. The van der Waals surface area contributed by atoms with Gasteiger partial charge in [-0.1, -0.05) is 79.2 Å². The van der Waals surface area contributed by atoms with Crippen LogP contribution in [0, 0.1) is 0 Å². The number of amides is 1. The summed E-state index contributed by atoms with van der Waals surface area (Å²) in [6, 6.07) is 27.9. The van der Waals surface area contributed by atoms with Crippen LogP contribution in [0.25, 0.3) is 0 Å². The third-order valence-electron chi connectivity index (χ3n) is 6.53. The van der Waals surface area contributed by atoms with Gasteiger partial charge < -0.3 is 4.74 Å². The summed E-state index contributed by atoms with van der Waals surface area (Å²) in [7, 11) is 1.78. The minimum atomic E-state index is -0.136. The van der Waals surface area contributed by atoms with Crippen molar-refractivity contribution in [3.63, 3.8) is 0 Å². The maximum absolute atomic E-state index is 12.8. The lowest BCUT2D eigenvalue weighted by atomic mass is 10.1. The monoisotopic (exact) mass is 525 g/mol. The molecular formula is C32H39N5O2. The van der Waals surface area contributed by atoms with E-state index in [0.717, 1.165) is 23.4 Å². The maximum Gasteiger partial charge on any atom is 0.231 e. The molecule has 1 amide bonds. The van der Waals surface area contributed by atoms with Crippen LogP contribution in [0.2, 0.25) is 0 Å². The molecule has 1 fully saturated rings. The first kappa shape index (κ1) is 28.0. The molecule has 0 aliphatic carbocycles. The van der Waals surface area contributed by atoms with E-state index in [1.807, 2.05) is 66.7 Å². The highest BCUT2D eigenvalue weighted by atomic mass is 16.5. The first-order chi connectivity index (χ1) is 19.2. The van der Waals surface area contributed by atoms with Gasteiger partial charge in [0.2, 0.25) is 11.9 Å². The van der Waals surface area contributed by atoms with E-state index in [1.54, 1.807) is 18.3 Å². The van der Waals surface area contributed by atoms with Gasteiger partial charge in [0.15, 0.2) is 0 Å². The van der Waals surface area contributed by atoms with E-state index < -0.39 is 0 Å². The quantitative estimate of drug-likeness (QED) is 0.163. The summed E-state index contributed by atoms with van der Waals surface area (Å²) in [6.07, 6.45) is 6.66. The molecule has 1 aliphatic rings. The Morgan fingerprint density at radius 3 is 2.44 bits per heavy atom. The smallest absolute Gasteiger partial charge is 0.231 e. The molecule has 0 radical (unpaired) electrons. The molecule has 3 aromatic rings. The SMILES string of the molecule is CN(/N=C/c1ccccc1)C(=NCCCOc1cccc(CN2CCCCC2)c1)NC(=O)Cc1ccccc1. The van der Waals surface area contributed by atoms with Crippen molar-refractivity contribution in [2.24, 2.45) is 10.1 Å². The largest absolute Gasteiger partial charge is 0.494 e. The van der Waals surface area contributed by atoms with E-state index in [2.05, 4.69) is 38.5 Å². The number of carbonyl (C=O) groups is 1. The number of ether oxygens (including phenoxy) is 1. The van der Waals surface area contributed by atoms with Crippen LogP contribution in [0.3, 0.4) is 0 Å². The van der Waals surface area contributed by atoms with Crippen LogP contribution in [0.15, 0.2) is 95.0 Å². The molecule has 0 saturated carbocycles. The molecule has 1 saturated heterocycles. The molecule has 0 spiro atoms. The van der Waals surface area contributed by atoms with Gasteiger partial charge in [0.25, 0.3) is 0 Å². The first-order valence-corrected chi connectivity index (χ1v) is 13.8. The Kier molecular flexibility index (Phi) is 11.1. The lowest BCUT2D eigenvalue weighted by Crippen LogP contribution is -2.40. The zero-order valence-electron chi connectivity index (χ0n) is 22.8. The Labute approximate surface area is 232 Å². The van der Waals surface area contributed by atoms with E-state index in [0.29, 0.717) is 25.5 Å². The van der Waals surface area contributed by atoms with E-state index in [-0.39, 0.29) is 12.3 Å². The number of carbonyl (C=O) groups excluding carboxylic acids is 1. The molecule has 1 heterocycles. The summed E-state index contributed by atoms with van der Waals surface area (Å²) in [5.41, 5.74) is 3.20. The molecule has 0 aromatic heterocycles. The standard InChI is InChI=1S/C32H39N5O2/c1-36(34-25-28-15-7-3-8-16-28)32(35-31(38)24-27-13-5-2-6-14-27)33-19-12-22-39-30-18-11-17-29(23-30)26-37-20-9-4-10-21-37/h2-3,5-8,11,13-18,23,25H,4,9-10,12,19-22,24,26H2,1H3,(H,33,35,38)/b34-25+. The lowest BCUT2D eigenvalue weighted by molar-refractivity contribution is -0.119. The van der Waals surface area contributed by atoms with Crippen molar-refractivity contribution >= 4 is 18.1 Å². The highest BCUT2D eigenvalue weighted by Crippen LogP contribution is 2.17. The first-order valence-electron chi connectivity index (χ1n) is 13.8. The number of aliphatic imine (C=N–C) groups is 1. The van der Waals surface area contributed by atoms with E-state index in [1.165, 1.54) is 37.9 Å². The molecule has 204 valence electrons. The second-order valence-electron chi connectivity index (χ2n) is 9.78. The van der Waals surface area contributed by atoms with Crippen molar-refractivity contribution in [2.45, 2.75) is 38.6 Å². The molecule has 7 nitrogen and oxygen atoms in total. The van der Waals surface area contributed by atoms with Crippen LogP contribution < -0.4 is 10.1 Å². The molecule has 0 atom stereocenters. The van der Waals surface area contributed by atoms with Crippen molar-refractivity contribution in [3.05, 3.63) is 102 Å². The number of guanidine groups is 1. The number of nitrogens with one attached hydrogen (secondary N) is 1. The molecule has 1 aliphatic heterocycles. The van der Waals surface area contributed by atoms with Gasteiger partial charge in [-0.2, -0.15) is 5.10 Å². The van der Waals surface area contributed by atoms with Gasteiger partial charge in [0.05, 0.1) is 19.2 Å². The van der Waals surface area contributed by atoms with Gasteiger partial charge in [-0.15, -0.1) is 0 Å². The molecule has 3 aromatic carbocycles. The Morgan fingerprint density at radius 2 is 1.67 bits per heavy atom. The Morgan fingerprint density at radius 1 is 0.949 bits per heavy atom. The number of benzene rings is 3. The van der Waals surface area contributed by atoms with Crippen LogP contribution in [-0.4, -0.2) is 61.3 Å². The minimum Gasteiger partial charge on any atom is -0.494 e. The maximum atomic E-state index is 12.8. The predicted octanol–water partition coefficient (Wildman–Crippen LogP) is 5.12. The van der Waals surface area contributed by atoms with Crippen LogP contribution in [0.1, 0.15) is 42.4 Å². The van der Waals surface area contributed by atoms with E-state index >= 15 is 0 Å². The third-order valence-corrected chi connectivity index (χ3v) is 6.53. The van der Waals surface area contributed by atoms with Crippen molar-refractivity contribution in [1.29, 1.82) is 0 Å². The zero-order valence-corrected chi connectivity index (χ0v) is 22.8. The molecule has 0 bridgehead atoms. The average Bonchev–Trinajstić information content (AvgIpc) is 2.97. The van der Waals surface area contributed by atoms with Crippen LogP contribution in [-0.2, 0) is 17.8 Å². The van der Waals surface area contributed by atoms with Gasteiger partial charge in [0, 0.05) is 26.6 Å². The minimum absolute atomic E-state index is 0.136. The Hall–Kier alpha value is -3.97. The molecule has 7 heteroatoms. The summed E-state index contributed by atoms with van der Waals surface area (Å²) in [5, 5.41) is 9.02. The van der Waals surface area contributed by atoms with Gasteiger partial charge in [0.1, 0.15) is 5.75 Å². The summed E-state index contributed by atoms with van der Waals surface area (Å²) in [6.45, 7) is 4.37. The number of hydrogen-bond donors (Lipinski definition) is 1. The third kappa shape index (κ3) is 10.0. The van der Waals surface area contributed by atoms with Gasteiger partial charge >= 0.3 is 0 Å². The molecule has 39 heavy (non-hydrogen) atoms. The topological polar surface area (TPSA) is 69.5 Å². The number of hydrogen-bond acceptors (Lipinski definition) is 5. The average molecular weight is 526 g/mol. The lowest BCUT2D eigenvalue weighted by Gasteiger charge is -2.26. The second-order valence-corrected chi connectivity index (χ2v) is 9.78. The van der Waals surface area contributed by atoms with Crippen LogP contribution in [0.5, 0.6) is 5.75 Å². The van der Waals surface area contributed by atoms with Crippen LogP contribution >= 0.6 is 0 Å². The number of likely N-dealkylation sites (tertiary alicyclic amines) is 1. The van der Waals surface area contributed by atoms with Crippen molar-refractivity contribution in [1.82, 2.24) is 15.2 Å². The normalized spacial score (nSPS) is 14.3. The number of nitrogens with zero attached hydrogens (tertiary/aromatic N) is 4. The predicted molar refractivity (Wildman–Crippen MR) is 158 cm³/mol. The van der Waals surface area contributed by atoms with Gasteiger partial charge in [-0.3, -0.25) is 20.0 Å². The number of hydrazone groups is 1. The van der Waals surface area contributed by atoms with Crippen molar-refractivity contribution in [2.75, 3.05) is 33.3 Å². The van der Waals surface area contributed by atoms with Crippen molar-refractivity contribution < 1.29 is 9.53 Å². The summed E-state index contributed by atoms with van der Waals surface area (Å²) >= 11 is 0. The molecule has 4 rings (SSSR count). The fourth-order valence-corrected chi connectivity index (χ4v) is 4.47. The molecular weight excluding hydrogens is 486 g/mol. The van der Waals surface area contributed by atoms with Gasteiger partial charge in [-0.25, -0.2) is 5.01 Å². The Balaban J connectivity index is 1.31. The summed E-state index contributed by atoms with van der Waals surface area (Å²) in [5.74, 6) is 1.16. The zero-order chi connectivity index (χ0) is 27.1. The van der Waals surface area contributed by atoms with Crippen molar-refractivity contribution in [3.8, 4) is 5.75 Å². The second kappa shape index (κ2) is 15.4. The van der Waals surface area contributed by atoms with Gasteiger partial charge in [-0.05, 0) is 54.8 Å². The highest BCUT2D eigenvalue weighted by molar-refractivity contribution is 5.98. The van der Waals surface area contributed by atoms with E-state index in [9.17, 15) is 4.79 Å². The number of piperidine rings is 1. The fourth-order valence-electron chi connectivity index (χ4n) is 4.47. The highest BCUT2D eigenvalue weighted by Gasteiger charge is 2.12. The molecule has 0 unspecified atom stereocenters. The summed E-state index contributed by atoms with van der Waals surface area (Å²) < 4.78 is 6.03.